The van der Waals surface area contributed by atoms with Gasteiger partial charge in [0.2, 0.25) is 0 Å². The first-order chi connectivity index (χ1) is 4.30. The van der Waals surface area contributed by atoms with E-state index in [1.54, 1.807) is 0 Å². The van der Waals surface area contributed by atoms with Crippen LogP contribution >= 0.6 is 0 Å². The van der Waals surface area contributed by atoms with E-state index >= 15 is 0 Å². The van der Waals surface area contributed by atoms with Crippen molar-refractivity contribution in [2.45, 2.75) is 0 Å². The molecule has 0 saturated carbocycles. The molecule has 0 fully saturated rings. The Bertz CT molecular complexity index is 232. The van der Waals surface area contributed by atoms with Crippen molar-refractivity contribution in [1.82, 2.24) is 0 Å². The normalized spacial score (nSPS) is 11.5. The monoisotopic (exact) mass is 380 g/mol. The van der Waals surface area contributed by atoms with Gasteiger partial charge >= 0.3 is 57.2 Å². The Labute approximate surface area is 120 Å². The van der Waals surface area contributed by atoms with Crippen LogP contribution in [0.4, 0.5) is 0 Å². The number of carbonyl (C=O) groups excluding carboxylic acids is 1. The number of aliphatic carboxylic acids is 1. The second kappa shape index (κ2) is 10.0. The molecule has 0 aromatic heterocycles. The summed E-state index contributed by atoms with van der Waals surface area (Å²) in [6.45, 7) is 0. The van der Waals surface area contributed by atoms with Crippen LogP contribution in [0.5, 0.6) is 0 Å². The summed E-state index contributed by atoms with van der Waals surface area (Å²) < 4.78 is 0. The topological polar surface area (TPSA) is 40.1 Å². The Balaban J connectivity index is -0.000000270. The number of carboxylic acid groups (broad SMARTS) is 1. The molecular formula is C7H4ClHgNaO2. The fourth-order valence-corrected chi connectivity index (χ4v) is 0.523. The number of rotatable bonds is 1. The van der Waals surface area contributed by atoms with E-state index in [4.69, 9.17) is 0 Å². The summed E-state index contributed by atoms with van der Waals surface area (Å²) >= 11 is 0. The molecule has 0 heterocycles. The summed E-state index contributed by atoms with van der Waals surface area (Å²) in [6, 6.07) is 0. The molecule has 54 valence electrons. The summed E-state index contributed by atoms with van der Waals surface area (Å²) in [7, 11) is 0. The third-order valence-electron chi connectivity index (χ3n) is 0.954. The van der Waals surface area contributed by atoms with E-state index in [-0.39, 0.29) is 75.2 Å². The van der Waals surface area contributed by atoms with Crippen molar-refractivity contribution in [2.24, 2.45) is 0 Å². The Kier molecular flexibility index (Phi) is 15.6. The molecule has 0 N–H and O–H groups in total. The van der Waals surface area contributed by atoms with Crippen molar-refractivity contribution in [3.8, 4) is 0 Å². The number of carboxylic acids is 1. The van der Waals surface area contributed by atoms with E-state index in [9.17, 15) is 9.90 Å². The fourth-order valence-electron chi connectivity index (χ4n) is 0.523. The van der Waals surface area contributed by atoms with Gasteiger partial charge in [-0.3, -0.25) is 0 Å². The third kappa shape index (κ3) is 6.47. The van der Waals surface area contributed by atoms with E-state index in [0.29, 0.717) is 0 Å². The summed E-state index contributed by atoms with van der Waals surface area (Å²) in [6.07, 6.45) is 5.95. The molecule has 1 rings (SSSR count). The van der Waals surface area contributed by atoms with Crippen LogP contribution < -0.4 is 47.1 Å². The molecule has 2 radical (unpaired) electrons. The van der Waals surface area contributed by atoms with Gasteiger partial charge in [0, 0.05) is 6.42 Å². The molecular weight excluding hydrogens is 375 g/mol. The average molecular weight is 379 g/mol. The van der Waals surface area contributed by atoms with Gasteiger partial charge in [0.25, 0.3) is 0 Å². The van der Waals surface area contributed by atoms with Gasteiger partial charge in [0.1, 0.15) is 0 Å². The van der Waals surface area contributed by atoms with Crippen molar-refractivity contribution < 1.29 is 79.5 Å². The Morgan fingerprint density at radius 2 is 2.00 bits per heavy atom. The number of hydrogen-bond acceptors (Lipinski definition) is 2. The van der Waals surface area contributed by atoms with Gasteiger partial charge in [-0.25, -0.2) is 0 Å². The smallest absolute Gasteiger partial charge is 1.00 e. The fraction of sp³-hybridized carbons (Fsp3) is 0. The van der Waals surface area contributed by atoms with Crippen LogP contribution in [0, 0.1) is 6.42 Å². The maximum Gasteiger partial charge on any atom is 1.00 e. The Morgan fingerprint density at radius 3 is 2.25 bits per heavy atom. The van der Waals surface area contributed by atoms with E-state index in [0.717, 1.165) is 0 Å². The van der Waals surface area contributed by atoms with Crippen LogP contribution in [0.1, 0.15) is 0 Å². The van der Waals surface area contributed by atoms with E-state index in [2.05, 4.69) is 5.73 Å². The van der Waals surface area contributed by atoms with Gasteiger partial charge in [-0.15, -0.1) is 5.73 Å². The molecule has 0 bridgehead atoms. The first kappa shape index (κ1) is 18.7. The summed E-state index contributed by atoms with van der Waals surface area (Å²) in [4.78, 5) is 10.1. The molecule has 1 aliphatic rings. The first-order valence-electron chi connectivity index (χ1n) is 2.48. The minimum absolute atomic E-state index is 0. The maximum absolute atomic E-state index is 10.1. The van der Waals surface area contributed by atoms with E-state index < -0.39 is 5.97 Å². The van der Waals surface area contributed by atoms with Crippen LogP contribution in [-0.4, -0.2) is 5.97 Å². The zero-order chi connectivity index (χ0) is 6.69. The first-order valence-corrected chi connectivity index (χ1v) is 2.48. The molecule has 12 heavy (non-hydrogen) atoms. The van der Waals surface area contributed by atoms with E-state index in [1.807, 2.05) is 0 Å². The van der Waals surface area contributed by atoms with Gasteiger partial charge in [-0.2, -0.15) is 0 Å². The molecule has 0 aliphatic heterocycles. The molecule has 0 amide bonds. The van der Waals surface area contributed by atoms with Crippen LogP contribution in [-0.2, 0) is 32.5 Å². The molecule has 2 nitrogen and oxygen atoms in total. The van der Waals surface area contributed by atoms with Crippen LogP contribution in [0.2, 0.25) is 0 Å². The average Bonchev–Trinajstić information content (AvgIpc) is 1.90. The number of carbonyl (C=O) groups is 1. The van der Waals surface area contributed by atoms with Crippen molar-refractivity contribution in [2.75, 3.05) is 0 Å². The number of halogens is 1. The van der Waals surface area contributed by atoms with E-state index in [1.165, 1.54) is 24.6 Å². The molecule has 0 spiro atoms. The van der Waals surface area contributed by atoms with Gasteiger partial charge in [-0.05, 0) is 23.8 Å². The molecule has 0 aromatic carbocycles. The SMILES string of the molecule is O=C([O-])C1=CC=C=C[CH]1.[Cl-].[Hg+].[Na+]. The predicted molar refractivity (Wildman–Crippen MR) is 30.0 cm³/mol. The zero-order valence-electron chi connectivity index (χ0n) is 6.71. The second-order valence-corrected chi connectivity index (χ2v) is 1.58. The number of allylic oxidation sites excluding steroid dienone is 2. The Morgan fingerprint density at radius 1 is 1.42 bits per heavy atom. The minimum atomic E-state index is -1.15. The van der Waals surface area contributed by atoms with Crippen molar-refractivity contribution >= 4 is 5.97 Å². The molecule has 0 saturated heterocycles. The minimum Gasteiger partial charge on any atom is -1.00 e. The van der Waals surface area contributed by atoms with Crippen molar-refractivity contribution in [1.29, 1.82) is 0 Å². The molecule has 0 atom stereocenters. The predicted octanol–water partition coefficient (Wildman–Crippen LogP) is -6.40. The summed E-state index contributed by atoms with van der Waals surface area (Å²) in [5, 5.41) is 10.1. The molecule has 0 unspecified atom stereocenters. The summed E-state index contributed by atoms with van der Waals surface area (Å²) in [5.74, 6) is -1.15. The van der Waals surface area contributed by atoms with Crippen molar-refractivity contribution in [3.05, 3.63) is 36.0 Å². The van der Waals surface area contributed by atoms with Gasteiger partial charge in [0.05, 0.1) is 5.97 Å². The zero-order valence-corrected chi connectivity index (χ0v) is 15.0. The largest absolute Gasteiger partial charge is 1.00 e. The van der Waals surface area contributed by atoms with Crippen LogP contribution in [0.15, 0.2) is 29.5 Å². The molecule has 0 aromatic rings. The third-order valence-corrected chi connectivity index (χ3v) is 0.954. The summed E-state index contributed by atoms with van der Waals surface area (Å²) in [5.41, 5.74) is 2.89. The molecule has 5 heteroatoms. The van der Waals surface area contributed by atoms with Crippen LogP contribution in [0.25, 0.3) is 0 Å². The van der Waals surface area contributed by atoms with Gasteiger partial charge < -0.3 is 22.3 Å². The maximum atomic E-state index is 10.1. The standard InChI is InChI=1S/C7H5O2.ClH.Hg.Na/c8-7(9)6-4-2-1-3-5-6;;;/h2-5H,(H,8,9);1H;;/q;;2*+1/p-2. The van der Waals surface area contributed by atoms with Crippen LogP contribution in [0.3, 0.4) is 0 Å². The van der Waals surface area contributed by atoms with Crippen molar-refractivity contribution in [3.63, 3.8) is 0 Å². The van der Waals surface area contributed by atoms with Gasteiger partial charge in [-0.1, -0.05) is 0 Å². The second-order valence-electron chi connectivity index (χ2n) is 1.58. The number of hydrogen-bond donors (Lipinski definition) is 0. The quantitative estimate of drug-likeness (QED) is 0.336. The molecule has 1 aliphatic carbocycles. The Hall–Kier alpha value is 0.955. The van der Waals surface area contributed by atoms with Gasteiger partial charge in [0.15, 0.2) is 0 Å².